The fourth-order valence-electron chi connectivity index (χ4n) is 3.64. The summed E-state index contributed by atoms with van der Waals surface area (Å²) >= 11 is 1.74. The number of aliphatic hydroxyl groups is 1. The van der Waals surface area contributed by atoms with Gasteiger partial charge in [-0.15, -0.1) is 11.3 Å². The zero-order valence-corrected chi connectivity index (χ0v) is 13.9. The Morgan fingerprint density at radius 3 is 3.13 bits per heavy atom. The van der Waals surface area contributed by atoms with Gasteiger partial charge in [0.1, 0.15) is 5.84 Å². The lowest BCUT2D eigenvalue weighted by Gasteiger charge is -2.22. The predicted molar refractivity (Wildman–Crippen MR) is 94.5 cm³/mol. The summed E-state index contributed by atoms with van der Waals surface area (Å²) in [6.45, 7) is 1.15. The minimum atomic E-state index is 0.154. The molecule has 0 saturated carbocycles. The number of likely N-dealkylation sites (tertiary alicyclic amines) is 1. The highest BCUT2D eigenvalue weighted by molar-refractivity contribution is 7.10. The molecule has 4 nitrogen and oxygen atoms in total. The number of thiophene rings is 1. The first-order chi connectivity index (χ1) is 11.2. The summed E-state index contributed by atoms with van der Waals surface area (Å²) in [6.07, 6.45) is 4.19. The van der Waals surface area contributed by atoms with Crippen molar-refractivity contribution in [2.24, 2.45) is 10.7 Å². The first kappa shape index (κ1) is 14.9. The molecule has 5 heteroatoms. The normalized spacial score (nSPS) is 20.7. The maximum atomic E-state index is 9.44. The molecule has 0 bridgehead atoms. The SMILES string of the molecule is NC1=Nc2cc(C[C@@H]3CCCN3CO)ccc2Cc2sccc21. The van der Waals surface area contributed by atoms with E-state index >= 15 is 0 Å². The zero-order valence-electron chi connectivity index (χ0n) is 13.0. The first-order valence-corrected chi connectivity index (χ1v) is 9.00. The molecule has 0 radical (unpaired) electrons. The van der Waals surface area contributed by atoms with E-state index in [0.717, 1.165) is 37.1 Å². The van der Waals surface area contributed by atoms with E-state index in [2.05, 4.69) is 39.5 Å². The van der Waals surface area contributed by atoms with Gasteiger partial charge in [0.05, 0.1) is 12.4 Å². The average Bonchev–Trinajstić information content (AvgIpc) is 3.16. The second-order valence-electron chi connectivity index (χ2n) is 6.35. The lowest BCUT2D eigenvalue weighted by atomic mass is 10.00. The van der Waals surface area contributed by atoms with Crippen molar-refractivity contribution in [3.63, 3.8) is 0 Å². The average molecular weight is 327 g/mol. The van der Waals surface area contributed by atoms with Crippen LogP contribution in [0.1, 0.15) is 34.4 Å². The van der Waals surface area contributed by atoms with E-state index in [-0.39, 0.29) is 6.73 Å². The molecule has 1 aromatic carbocycles. The molecular weight excluding hydrogens is 306 g/mol. The van der Waals surface area contributed by atoms with Crippen LogP contribution in [0.25, 0.3) is 0 Å². The second kappa shape index (κ2) is 6.07. The molecule has 2 aliphatic rings. The fraction of sp³-hybridized carbons (Fsp3) is 0.389. The summed E-state index contributed by atoms with van der Waals surface area (Å²) in [4.78, 5) is 8.11. The molecule has 23 heavy (non-hydrogen) atoms. The Bertz CT molecular complexity index is 752. The highest BCUT2D eigenvalue weighted by atomic mass is 32.1. The molecule has 1 saturated heterocycles. The van der Waals surface area contributed by atoms with Crippen LogP contribution in [0, 0.1) is 0 Å². The van der Waals surface area contributed by atoms with Crippen LogP contribution >= 0.6 is 11.3 Å². The number of amidine groups is 1. The van der Waals surface area contributed by atoms with Crippen LogP contribution in [0.4, 0.5) is 5.69 Å². The minimum Gasteiger partial charge on any atom is -0.383 e. The predicted octanol–water partition coefficient (Wildman–Crippen LogP) is 2.65. The van der Waals surface area contributed by atoms with Gasteiger partial charge < -0.3 is 10.8 Å². The van der Waals surface area contributed by atoms with Crippen molar-refractivity contribution >= 4 is 22.9 Å². The molecule has 0 spiro atoms. The third kappa shape index (κ3) is 2.80. The number of rotatable bonds is 3. The van der Waals surface area contributed by atoms with Crippen LogP contribution in [0.15, 0.2) is 34.6 Å². The first-order valence-electron chi connectivity index (χ1n) is 8.12. The number of nitrogens with zero attached hydrogens (tertiary/aromatic N) is 2. The molecule has 1 aromatic heterocycles. The maximum absolute atomic E-state index is 9.44. The Labute approximate surface area is 140 Å². The quantitative estimate of drug-likeness (QED) is 0.911. The van der Waals surface area contributed by atoms with Crippen molar-refractivity contribution in [3.05, 3.63) is 51.2 Å². The monoisotopic (exact) mass is 327 g/mol. The van der Waals surface area contributed by atoms with E-state index in [1.165, 1.54) is 22.4 Å². The topological polar surface area (TPSA) is 61.8 Å². The van der Waals surface area contributed by atoms with Gasteiger partial charge in [0, 0.05) is 29.4 Å². The summed E-state index contributed by atoms with van der Waals surface area (Å²) in [6, 6.07) is 9.06. The third-order valence-corrected chi connectivity index (χ3v) is 5.84. The maximum Gasteiger partial charge on any atom is 0.132 e. The molecule has 1 fully saturated rings. The molecule has 2 aromatic rings. The van der Waals surface area contributed by atoms with Gasteiger partial charge in [-0.1, -0.05) is 12.1 Å². The Morgan fingerprint density at radius 2 is 2.26 bits per heavy atom. The van der Waals surface area contributed by atoms with Crippen molar-refractivity contribution in [3.8, 4) is 0 Å². The molecular formula is C18H21N3OS. The van der Waals surface area contributed by atoms with E-state index in [4.69, 9.17) is 5.73 Å². The van der Waals surface area contributed by atoms with E-state index in [1.54, 1.807) is 11.3 Å². The largest absolute Gasteiger partial charge is 0.383 e. The van der Waals surface area contributed by atoms with Gasteiger partial charge in [-0.2, -0.15) is 0 Å². The Balaban J connectivity index is 1.62. The summed E-state index contributed by atoms with van der Waals surface area (Å²) in [5.41, 5.74) is 10.8. The van der Waals surface area contributed by atoms with Gasteiger partial charge in [-0.05, 0) is 47.9 Å². The molecule has 3 N–H and O–H groups in total. The highest BCUT2D eigenvalue weighted by Gasteiger charge is 2.24. The van der Waals surface area contributed by atoms with Crippen LogP contribution < -0.4 is 5.73 Å². The van der Waals surface area contributed by atoms with Crippen molar-refractivity contribution in [1.29, 1.82) is 0 Å². The van der Waals surface area contributed by atoms with Gasteiger partial charge in [0.25, 0.3) is 0 Å². The van der Waals surface area contributed by atoms with Gasteiger partial charge in [-0.3, -0.25) is 4.90 Å². The van der Waals surface area contributed by atoms with E-state index in [1.807, 2.05) is 0 Å². The lowest BCUT2D eigenvalue weighted by Crippen LogP contribution is -2.31. The van der Waals surface area contributed by atoms with Crippen LogP contribution in [-0.4, -0.2) is 35.2 Å². The van der Waals surface area contributed by atoms with Crippen LogP contribution in [0.2, 0.25) is 0 Å². The number of nitrogens with two attached hydrogens (primary N) is 1. The van der Waals surface area contributed by atoms with Crippen LogP contribution in [-0.2, 0) is 12.8 Å². The lowest BCUT2D eigenvalue weighted by molar-refractivity contribution is 0.0963. The van der Waals surface area contributed by atoms with Crippen molar-refractivity contribution in [2.75, 3.05) is 13.3 Å². The van der Waals surface area contributed by atoms with Gasteiger partial charge in [-0.25, -0.2) is 4.99 Å². The fourth-order valence-corrected chi connectivity index (χ4v) is 4.55. The number of hydrogen-bond donors (Lipinski definition) is 2. The van der Waals surface area contributed by atoms with Crippen molar-refractivity contribution in [1.82, 2.24) is 4.90 Å². The second-order valence-corrected chi connectivity index (χ2v) is 7.35. The van der Waals surface area contributed by atoms with Gasteiger partial charge >= 0.3 is 0 Å². The number of aliphatic imine (C=N–C) groups is 1. The molecule has 1 atom stereocenters. The molecule has 2 aliphatic heterocycles. The summed E-state index contributed by atoms with van der Waals surface area (Å²) in [7, 11) is 0. The summed E-state index contributed by atoms with van der Waals surface area (Å²) < 4.78 is 0. The number of aliphatic hydroxyl groups excluding tert-OH is 1. The number of benzene rings is 1. The molecule has 0 aliphatic carbocycles. The smallest absolute Gasteiger partial charge is 0.132 e. The minimum absolute atomic E-state index is 0.154. The van der Waals surface area contributed by atoms with Crippen LogP contribution in [0.5, 0.6) is 0 Å². The van der Waals surface area contributed by atoms with Crippen molar-refractivity contribution < 1.29 is 5.11 Å². The van der Waals surface area contributed by atoms with E-state index < -0.39 is 0 Å². The van der Waals surface area contributed by atoms with Gasteiger partial charge in [0.2, 0.25) is 0 Å². The molecule has 4 rings (SSSR count). The van der Waals surface area contributed by atoms with Crippen molar-refractivity contribution in [2.45, 2.75) is 31.7 Å². The Kier molecular flexibility index (Phi) is 3.93. The zero-order chi connectivity index (χ0) is 15.8. The van der Waals surface area contributed by atoms with Gasteiger partial charge in [0.15, 0.2) is 0 Å². The summed E-state index contributed by atoms with van der Waals surface area (Å²) in [5, 5.41) is 11.5. The summed E-state index contributed by atoms with van der Waals surface area (Å²) in [5.74, 6) is 0.620. The molecule has 120 valence electrons. The van der Waals surface area contributed by atoms with Crippen LogP contribution in [0.3, 0.4) is 0 Å². The number of hydrogen-bond acceptors (Lipinski definition) is 5. The molecule has 0 amide bonds. The Morgan fingerprint density at radius 1 is 1.35 bits per heavy atom. The molecule has 0 unspecified atom stereocenters. The van der Waals surface area contributed by atoms with E-state index in [0.29, 0.717) is 11.9 Å². The highest BCUT2D eigenvalue weighted by Crippen LogP contribution is 2.32. The third-order valence-electron chi connectivity index (χ3n) is 4.92. The van der Waals surface area contributed by atoms with E-state index in [9.17, 15) is 5.11 Å². The Hall–Kier alpha value is -1.69. The standard InChI is InChI=1S/C18H21N3OS/c19-18-15-5-7-23-17(15)10-13-4-3-12(9-16(13)20-18)8-14-2-1-6-21(14)11-22/h3-5,7,9,14,22H,1-2,6,8,10-11H2,(H2,19,20)/t14-/m0/s1. The number of fused-ring (bicyclic) bond motifs is 2. The molecule has 3 heterocycles.